The first-order valence-corrected chi connectivity index (χ1v) is 4.66. The number of rotatable bonds is 2. The zero-order chi connectivity index (χ0) is 11.5. The maximum atomic E-state index is 13.2. The van der Waals surface area contributed by atoms with Gasteiger partial charge >= 0.3 is 0 Å². The van der Waals surface area contributed by atoms with Gasteiger partial charge < -0.3 is 5.32 Å². The zero-order valence-corrected chi connectivity index (χ0v) is 8.54. The predicted molar refractivity (Wildman–Crippen MR) is 56.4 cm³/mol. The molecule has 16 heavy (non-hydrogen) atoms. The minimum atomic E-state index is -0.634. The molecule has 1 N–H and O–H groups in total. The molecule has 2 aromatic rings. The average Bonchev–Trinajstić information content (AvgIpc) is 2.24. The summed E-state index contributed by atoms with van der Waals surface area (Å²) in [6.07, 6.45) is 1.10. The molecular weight excluding hydrogens is 212 g/mol. The highest BCUT2D eigenvalue weighted by Crippen LogP contribution is 2.17. The van der Waals surface area contributed by atoms with Crippen molar-refractivity contribution in [2.24, 2.45) is 0 Å². The van der Waals surface area contributed by atoms with Crippen LogP contribution >= 0.6 is 0 Å². The highest BCUT2D eigenvalue weighted by atomic mass is 19.1. The molecule has 0 spiro atoms. The number of nitrogens with one attached hydrogen (secondary N) is 1. The van der Waals surface area contributed by atoms with Crippen LogP contribution in [0.4, 0.5) is 20.3 Å². The Bertz CT molecular complexity index is 514. The van der Waals surface area contributed by atoms with E-state index in [0.717, 1.165) is 12.4 Å². The van der Waals surface area contributed by atoms with Gasteiger partial charge in [-0.05, 0) is 24.6 Å². The number of aromatic nitrogens is 2. The van der Waals surface area contributed by atoms with E-state index >= 15 is 0 Å². The van der Waals surface area contributed by atoms with E-state index in [2.05, 4.69) is 15.3 Å². The molecule has 1 heterocycles. The Balaban J connectivity index is 2.24. The quantitative estimate of drug-likeness (QED) is 0.792. The summed E-state index contributed by atoms with van der Waals surface area (Å²) in [6.45, 7) is 1.67. The summed E-state index contributed by atoms with van der Waals surface area (Å²) < 4.78 is 26.0. The second kappa shape index (κ2) is 4.22. The lowest BCUT2D eigenvalue weighted by Crippen LogP contribution is -1.96. The van der Waals surface area contributed by atoms with Gasteiger partial charge in [-0.2, -0.15) is 4.39 Å². The van der Waals surface area contributed by atoms with Crippen molar-refractivity contribution in [2.45, 2.75) is 6.92 Å². The van der Waals surface area contributed by atoms with Crippen molar-refractivity contribution in [3.8, 4) is 0 Å². The lowest BCUT2D eigenvalue weighted by Gasteiger charge is -2.05. The van der Waals surface area contributed by atoms with Gasteiger partial charge in [-0.3, -0.25) is 0 Å². The topological polar surface area (TPSA) is 37.8 Å². The van der Waals surface area contributed by atoms with Crippen molar-refractivity contribution >= 4 is 11.5 Å². The van der Waals surface area contributed by atoms with Gasteiger partial charge in [0.05, 0.1) is 0 Å². The molecule has 0 aliphatic heterocycles. The van der Waals surface area contributed by atoms with Crippen molar-refractivity contribution in [1.82, 2.24) is 9.97 Å². The lowest BCUT2D eigenvalue weighted by molar-refractivity contribution is 0.580. The Labute approximate surface area is 91.2 Å². The smallest absolute Gasteiger partial charge is 0.218 e. The number of halogens is 2. The summed E-state index contributed by atoms with van der Waals surface area (Å²) in [4.78, 5) is 7.12. The fourth-order valence-electron chi connectivity index (χ4n) is 1.22. The number of nitrogens with zero attached hydrogens (tertiary/aromatic N) is 2. The van der Waals surface area contributed by atoms with Gasteiger partial charge in [0.1, 0.15) is 18.0 Å². The minimum absolute atomic E-state index is 0.288. The van der Waals surface area contributed by atoms with Crippen molar-refractivity contribution in [1.29, 1.82) is 0 Å². The first kappa shape index (κ1) is 10.5. The summed E-state index contributed by atoms with van der Waals surface area (Å²) in [7, 11) is 0. The van der Waals surface area contributed by atoms with Crippen molar-refractivity contribution in [2.75, 3.05) is 5.32 Å². The SMILES string of the molecule is Cc1ccc(Nc2cc(F)ncn2)cc1F. The molecule has 1 aromatic heterocycles. The van der Waals surface area contributed by atoms with Crippen LogP contribution in [-0.4, -0.2) is 9.97 Å². The first-order valence-electron chi connectivity index (χ1n) is 4.66. The van der Waals surface area contributed by atoms with Gasteiger partial charge in [-0.1, -0.05) is 6.07 Å². The van der Waals surface area contributed by atoms with Crippen LogP contribution in [0.15, 0.2) is 30.6 Å². The van der Waals surface area contributed by atoms with Crippen molar-refractivity contribution in [3.05, 3.63) is 47.9 Å². The third-order valence-electron chi connectivity index (χ3n) is 2.08. The zero-order valence-electron chi connectivity index (χ0n) is 8.54. The molecule has 0 atom stereocenters. The molecule has 0 aliphatic rings. The van der Waals surface area contributed by atoms with Crippen LogP contribution in [0.5, 0.6) is 0 Å². The summed E-state index contributed by atoms with van der Waals surface area (Å²) in [5, 5.41) is 2.78. The number of hydrogen-bond donors (Lipinski definition) is 1. The number of aryl methyl sites for hydroxylation is 1. The van der Waals surface area contributed by atoms with E-state index in [0.29, 0.717) is 11.3 Å². The van der Waals surface area contributed by atoms with E-state index in [1.54, 1.807) is 19.1 Å². The molecule has 0 saturated carbocycles. The largest absolute Gasteiger partial charge is 0.340 e. The van der Waals surface area contributed by atoms with Crippen LogP contribution in [0, 0.1) is 18.7 Å². The summed E-state index contributed by atoms with van der Waals surface area (Å²) >= 11 is 0. The Kier molecular flexibility index (Phi) is 2.76. The maximum absolute atomic E-state index is 13.2. The molecule has 0 bridgehead atoms. The Hall–Kier alpha value is -2.04. The summed E-state index contributed by atoms with van der Waals surface area (Å²) in [5.74, 6) is -0.666. The van der Waals surface area contributed by atoms with Gasteiger partial charge in [0.15, 0.2) is 0 Å². The third-order valence-corrected chi connectivity index (χ3v) is 2.08. The first-order chi connectivity index (χ1) is 7.65. The van der Waals surface area contributed by atoms with Gasteiger partial charge in [0, 0.05) is 11.8 Å². The highest BCUT2D eigenvalue weighted by Gasteiger charge is 2.01. The average molecular weight is 221 g/mol. The molecule has 0 unspecified atom stereocenters. The van der Waals surface area contributed by atoms with E-state index in [1.165, 1.54) is 6.07 Å². The normalized spacial score (nSPS) is 10.2. The number of benzene rings is 1. The fraction of sp³-hybridized carbons (Fsp3) is 0.0909. The maximum Gasteiger partial charge on any atom is 0.218 e. The fourth-order valence-corrected chi connectivity index (χ4v) is 1.22. The Morgan fingerprint density at radius 3 is 2.62 bits per heavy atom. The molecule has 0 radical (unpaired) electrons. The van der Waals surface area contributed by atoms with E-state index in [1.807, 2.05) is 0 Å². The summed E-state index contributed by atoms with van der Waals surface area (Å²) in [6, 6.07) is 5.79. The van der Waals surface area contributed by atoms with Crippen molar-refractivity contribution in [3.63, 3.8) is 0 Å². The second-order valence-electron chi connectivity index (χ2n) is 3.31. The second-order valence-corrected chi connectivity index (χ2v) is 3.31. The Morgan fingerprint density at radius 2 is 1.94 bits per heavy atom. The van der Waals surface area contributed by atoms with Crippen LogP contribution in [-0.2, 0) is 0 Å². The Morgan fingerprint density at radius 1 is 1.12 bits per heavy atom. The van der Waals surface area contributed by atoms with Gasteiger partial charge in [0.25, 0.3) is 0 Å². The van der Waals surface area contributed by atoms with E-state index in [4.69, 9.17) is 0 Å². The van der Waals surface area contributed by atoms with E-state index < -0.39 is 5.95 Å². The van der Waals surface area contributed by atoms with Crippen LogP contribution in [0.1, 0.15) is 5.56 Å². The van der Waals surface area contributed by atoms with E-state index in [9.17, 15) is 8.78 Å². The molecule has 3 nitrogen and oxygen atoms in total. The van der Waals surface area contributed by atoms with E-state index in [-0.39, 0.29) is 11.6 Å². The monoisotopic (exact) mass is 221 g/mol. The van der Waals surface area contributed by atoms with Crippen LogP contribution in [0.3, 0.4) is 0 Å². The number of hydrogen-bond acceptors (Lipinski definition) is 3. The third kappa shape index (κ3) is 2.31. The molecular formula is C11H9F2N3. The van der Waals surface area contributed by atoms with Crippen LogP contribution in [0.2, 0.25) is 0 Å². The molecule has 1 aromatic carbocycles. The van der Waals surface area contributed by atoms with Crippen LogP contribution in [0.25, 0.3) is 0 Å². The van der Waals surface area contributed by atoms with Crippen molar-refractivity contribution < 1.29 is 8.78 Å². The molecule has 5 heteroatoms. The number of anilines is 2. The predicted octanol–water partition coefficient (Wildman–Crippen LogP) is 2.81. The molecule has 0 saturated heterocycles. The molecule has 0 fully saturated rings. The molecule has 0 amide bonds. The van der Waals surface area contributed by atoms with Gasteiger partial charge in [-0.15, -0.1) is 0 Å². The summed E-state index contributed by atoms with van der Waals surface area (Å²) in [5.41, 5.74) is 1.07. The lowest BCUT2D eigenvalue weighted by atomic mass is 10.2. The standard InChI is InChI=1S/C11H9F2N3/c1-7-2-3-8(4-9(7)12)16-11-5-10(13)14-6-15-11/h2-6H,1H3,(H,14,15,16). The van der Waals surface area contributed by atoms with Crippen LogP contribution < -0.4 is 5.32 Å². The highest BCUT2D eigenvalue weighted by molar-refractivity contribution is 5.56. The molecule has 2 rings (SSSR count). The molecule has 0 aliphatic carbocycles. The van der Waals surface area contributed by atoms with Gasteiger partial charge in [0.2, 0.25) is 5.95 Å². The minimum Gasteiger partial charge on any atom is -0.340 e. The molecule has 82 valence electrons. The van der Waals surface area contributed by atoms with Gasteiger partial charge in [-0.25, -0.2) is 14.4 Å².